The van der Waals surface area contributed by atoms with Crippen molar-refractivity contribution in [2.75, 3.05) is 0 Å². The lowest BCUT2D eigenvalue weighted by molar-refractivity contribution is 0.316. The van der Waals surface area contributed by atoms with Crippen LogP contribution in [0.4, 0.5) is 0 Å². The van der Waals surface area contributed by atoms with Crippen LogP contribution in [0, 0.1) is 0 Å². The van der Waals surface area contributed by atoms with Crippen LogP contribution in [0.2, 0.25) is 0 Å². The summed E-state index contributed by atoms with van der Waals surface area (Å²) in [7, 11) is 0. The van der Waals surface area contributed by atoms with Gasteiger partial charge in [-0.15, -0.1) is 0 Å². The summed E-state index contributed by atoms with van der Waals surface area (Å²) < 4.78 is 5.05. The first-order chi connectivity index (χ1) is 5.38. The van der Waals surface area contributed by atoms with Crippen LogP contribution in [0.15, 0.2) is 28.0 Å². The van der Waals surface area contributed by atoms with Crippen LogP contribution in [-0.2, 0) is 0 Å². The first-order valence-electron chi connectivity index (χ1n) is 3.63. The van der Waals surface area contributed by atoms with E-state index in [9.17, 15) is 0 Å². The third kappa shape index (κ3) is 1.83. The molecule has 0 aliphatic heterocycles. The molecule has 0 atom stereocenters. The van der Waals surface area contributed by atoms with Crippen molar-refractivity contribution in [1.29, 1.82) is 0 Å². The van der Waals surface area contributed by atoms with Gasteiger partial charge in [0.2, 0.25) is 0 Å². The Hall–Kier alpha value is -1.25. The molecular weight excluding hydrogens is 142 g/mol. The lowest BCUT2D eigenvalue weighted by Crippen LogP contribution is -1.97. The normalized spacial score (nSPS) is 11.9. The van der Waals surface area contributed by atoms with Gasteiger partial charge in [0.15, 0.2) is 5.76 Å². The third-order valence-electron chi connectivity index (χ3n) is 1.41. The van der Waals surface area contributed by atoms with E-state index < -0.39 is 0 Å². The molecule has 0 unspecified atom stereocenters. The predicted octanol–water partition coefficient (Wildman–Crippen LogP) is 2.26. The average Bonchev–Trinajstić information content (AvgIpc) is 2.52. The maximum absolute atomic E-state index is 8.56. The molecule has 0 amide bonds. The molecular formula is C8H11NO2. The lowest BCUT2D eigenvalue weighted by atomic mass is 10.2. The molecule has 1 N–H and O–H groups in total. The van der Waals surface area contributed by atoms with E-state index in [0.717, 1.165) is 12.8 Å². The highest BCUT2D eigenvalue weighted by atomic mass is 16.4. The molecule has 11 heavy (non-hydrogen) atoms. The summed E-state index contributed by atoms with van der Waals surface area (Å²) in [4.78, 5) is 0. The topological polar surface area (TPSA) is 45.7 Å². The average molecular weight is 153 g/mol. The van der Waals surface area contributed by atoms with Gasteiger partial charge in [0.25, 0.3) is 0 Å². The van der Waals surface area contributed by atoms with E-state index in [1.165, 1.54) is 0 Å². The molecule has 0 saturated heterocycles. The van der Waals surface area contributed by atoms with Crippen molar-refractivity contribution < 1.29 is 9.62 Å². The molecule has 0 aliphatic carbocycles. The zero-order chi connectivity index (χ0) is 8.10. The van der Waals surface area contributed by atoms with E-state index in [-0.39, 0.29) is 0 Å². The second kappa shape index (κ2) is 3.81. The molecule has 0 saturated carbocycles. The Balaban J connectivity index is 2.72. The van der Waals surface area contributed by atoms with Gasteiger partial charge in [-0.05, 0) is 18.6 Å². The van der Waals surface area contributed by atoms with E-state index in [1.807, 2.05) is 6.92 Å². The van der Waals surface area contributed by atoms with Crippen LogP contribution in [0.3, 0.4) is 0 Å². The van der Waals surface area contributed by atoms with Crippen molar-refractivity contribution in [2.45, 2.75) is 19.8 Å². The zero-order valence-electron chi connectivity index (χ0n) is 6.45. The van der Waals surface area contributed by atoms with E-state index in [2.05, 4.69) is 5.16 Å². The Morgan fingerprint density at radius 1 is 1.73 bits per heavy atom. The fourth-order valence-corrected chi connectivity index (χ4v) is 0.902. The van der Waals surface area contributed by atoms with Crippen LogP contribution < -0.4 is 0 Å². The lowest BCUT2D eigenvalue weighted by Gasteiger charge is -1.95. The van der Waals surface area contributed by atoms with Gasteiger partial charge in [-0.1, -0.05) is 18.5 Å². The molecule has 60 valence electrons. The fourth-order valence-electron chi connectivity index (χ4n) is 0.902. The number of oxime groups is 1. The second-order valence-electron chi connectivity index (χ2n) is 2.27. The molecule has 0 bridgehead atoms. The summed E-state index contributed by atoms with van der Waals surface area (Å²) in [6.45, 7) is 2.02. The number of hydrogen-bond acceptors (Lipinski definition) is 3. The molecule has 0 radical (unpaired) electrons. The van der Waals surface area contributed by atoms with Crippen molar-refractivity contribution in [1.82, 2.24) is 0 Å². The quantitative estimate of drug-likeness (QED) is 0.411. The minimum Gasteiger partial charge on any atom is -0.463 e. The van der Waals surface area contributed by atoms with Crippen LogP contribution in [0.1, 0.15) is 25.5 Å². The van der Waals surface area contributed by atoms with E-state index in [4.69, 9.17) is 9.62 Å². The van der Waals surface area contributed by atoms with Crippen molar-refractivity contribution >= 4 is 5.71 Å². The number of hydrogen-bond donors (Lipinski definition) is 1. The van der Waals surface area contributed by atoms with Crippen molar-refractivity contribution in [3.63, 3.8) is 0 Å². The molecule has 0 aromatic carbocycles. The SMILES string of the molecule is CCCC(=NO)c1ccco1. The van der Waals surface area contributed by atoms with Gasteiger partial charge < -0.3 is 9.62 Å². The molecule has 3 nitrogen and oxygen atoms in total. The zero-order valence-corrected chi connectivity index (χ0v) is 6.45. The number of furan rings is 1. The molecule has 1 aromatic rings. The predicted molar refractivity (Wildman–Crippen MR) is 41.9 cm³/mol. The third-order valence-corrected chi connectivity index (χ3v) is 1.41. The molecule has 1 rings (SSSR count). The van der Waals surface area contributed by atoms with Gasteiger partial charge in [0.05, 0.1) is 6.26 Å². The Labute approximate surface area is 65.3 Å². The van der Waals surface area contributed by atoms with Gasteiger partial charge in [0.1, 0.15) is 5.71 Å². The smallest absolute Gasteiger partial charge is 0.151 e. The van der Waals surface area contributed by atoms with Crippen molar-refractivity contribution in [3.05, 3.63) is 24.2 Å². The Morgan fingerprint density at radius 2 is 2.55 bits per heavy atom. The van der Waals surface area contributed by atoms with Crippen LogP contribution in [-0.4, -0.2) is 10.9 Å². The Morgan fingerprint density at radius 3 is 3.00 bits per heavy atom. The minimum atomic E-state index is 0.609. The summed E-state index contributed by atoms with van der Waals surface area (Å²) in [6, 6.07) is 3.56. The molecule has 0 fully saturated rings. The van der Waals surface area contributed by atoms with Gasteiger partial charge >= 0.3 is 0 Å². The Kier molecular flexibility index (Phi) is 2.72. The summed E-state index contributed by atoms with van der Waals surface area (Å²) in [6.07, 6.45) is 3.25. The van der Waals surface area contributed by atoms with Crippen molar-refractivity contribution in [3.8, 4) is 0 Å². The highest BCUT2D eigenvalue weighted by Crippen LogP contribution is 2.06. The monoisotopic (exact) mass is 153 g/mol. The first-order valence-corrected chi connectivity index (χ1v) is 3.63. The first kappa shape index (κ1) is 7.85. The van der Waals surface area contributed by atoms with Crippen LogP contribution in [0.5, 0.6) is 0 Å². The second-order valence-corrected chi connectivity index (χ2v) is 2.27. The van der Waals surface area contributed by atoms with Gasteiger partial charge in [-0.2, -0.15) is 0 Å². The molecule has 1 heterocycles. The highest BCUT2D eigenvalue weighted by molar-refractivity contribution is 5.97. The van der Waals surface area contributed by atoms with Crippen molar-refractivity contribution in [2.24, 2.45) is 5.16 Å². The number of rotatable bonds is 3. The maximum Gasteiger partial charge on any atom is 0.151 e. The van der Waals surface area contributed by atoms with Crippen LogP contribution >= 0.6 is 0 Å². The standard InChI is InChI=1S/C8H11NO2/c1-2-4-7(9-10)8-5-3-6-11-8/h3,5-6,10H,2,4H2,1H3. The number of nitrogens with zero attached hydrogens (tertiary/aromatic N) is 1. The van der Waals surface area contributed by atoms with Crippen LogP contribution in [0.25, 0.3) is 0 Å². The van der Waals surface area contributed by atoms with E-state index in [1.54, 1.807) is 18.4 Å². The van der Waals surface area contributed by atoms with Gasteiger partial charge in [-0.3, -0.25) is 0 Å². The molecule has 0 spiro atoms. The van der Waals surface area contributed by atoms with E-state index >= 15 is 0 Å². The molecule has 3 heteroatoms. The summed E-state index contributed by atoms with van der Waals surface area (Å²) in [5.41, 5.74) is 0.609. The summed E-state index contributed by atoms with van der Waals surface area (Å²) in [5, 5.41) is 11.7. The largest absolute Gasteiger partial charge is 0.463 e. The molecule has 0 aliphatic rings. The summed E-state index contributed by atoms with van der Waals surface area (Å²) in [5.74, 6) is 0.648. The summed E-state index contributed by atoms with van der Waals surface area (Å²) >= 11 is 0. The minimum absolute atomic E-state index is 0.609. The maximum atomic E-state index is 8.56. The van der Waals surface area contributed by atoms with Gasteiger partial charge in [-0.25, -0.2) is 0 Å². The van der Waals surface area contributed by atoms with Gasteiger partial charge in [0, 0.05) is 0 Å². The molecule has 1 aromatic heterocycles. The van der Waals surface area contributed by atoms with E-state index in [0.29, 0.717) is 11.5 Å². The Bertz CT molecular complexity index is 226. The fraction of sp³-hybridized carbons (Fsp3) is 0.375. The highest BCUT2D eigenvalue weighted by Gasteiger charge is 2.04.